The van der Waals surface area contributed by atoms with Gasteiger partial charge in [-0.1, -0.05) is 19.1 Å². The average Bonchev–Trinajstić information content (AvgIpc) is 3.23. The van der Waals surface area contributed by atoms with Crippen LogP contribution in [0.5, 0.6) is 0 Å². The highest BCUT2D eigenvalue weighted by molar-refractivity contribution is 7.91. The molecule has 2 aromatic rings. The third-order valence-electron chi connectivity index (χ3n) is 4.86. The highest BCUT2D eigenvalue weighted by atomic mass is 32.2. The van der Waals surface area contributed by atoms with E-state index < -0.39 is 40.5 Å². The third-order valence-corrected chi connectivity index (χ3v) is 6.65. The van der Waals surface area contributed by atoms with Crippen LogP contribution < -0.4 is 10.6 Å². The van der Waals surface area contributed by atoms with Crippen molar-refractivity contribution in [3.05, 3.63) is 64.8 Å². The first kappa shape index (κ1) is 24.1. The van der Waals surface area contributed by atoms with Crippen LogP contribution in [0.1, 0.15) is 41.8 Å². The van der Waals surface area contributed by atoms with E-state index in [2.05, 4.69) is 10.6 Å². The number of benzene rings is 1. The van der Waals surface area contributed by atoms with Crippen molar-refractivity contribution in [1.29, 1.82) is 0 Å². The number of carbonyl (C=O) groups is 3. The second-order valence-corrected chi connectivity index (χ2v) is 9.31. The molecule has 2 heterocycles. The summed E-state index contributed by atoms with van der Waals surface area (Å²) in [6.45, 7) is 4.39. The predicted octanol–water partition coefficient (Wildman–Crippen LogP) is 2.41. The molecule has 10 nitrogen and oxygen atoms in total. The zero-order valence-corrected chi connectivity index (χ0v) is 19.2. The molecule has 1 aliphatic rings. The molecule has 11 heteroatoms. The number of carbonyl (C=O) groups excluding carboxylic acids is 3. The molecule has 0 fully saturated rings. The van der Waals surface area contributed by atoms with Crippen molar-refractivity contribution in [3.8, 4) is 0 Å². The lowest BCUT2D eigenvalue weighted by Crippen LogP contribution is -2.47. The summed E-state index contributed by atoms with van der Waals surface area (Å²) in [6, 6.07) is 7.36. The molecule has 0 radical (unpaired) electrons. The zero-order valence-electron chi connectivity index (χ0n) is 18.3. The van der Waals surface area contributed by atoms with E-state index in [1.54, 1.807) is 26.0 Å². The number of furan rings is 1. The second kappa shape index (κ2) is 9.90. The van der Waals surface area contributed by atoms with Gasteiger partial charge in [0.1, 0.15) is 24.2 Å². The van der Waals surface area contributed by atoms with Gasteiger partial charge in [-0.25, -0.2) is 22.8 Å². The van der Waals surface area contributed by atoms with Crippen LogP contribution in [0.2, 0.25) is 0 Å². The van der Waals surface area contributed by atoms with Crippen LogP contribution in [-0.2, 0) is 24.1 Å². The number of amides is 2. The van der Waals surface area contributed by atoms with E-state index in [9.17, 15) is 22.8 Å². The molecular formula is C22H24N2O8S. The molecule has 2 amide bonds. The van der Waals surface area contributed by atoms with Gasteiger partial charge in [-0.05, 0) is 38.1 Å². The van der Waals surface area contributed by atoms with Crippen molar-refractivity contribution in [1.82, 2.24) is 10.6 Å². The topological polar surface area (TPSA) is 141 Å². The Balaban J connectivity index is 1.95. The van der Waals surface area contributed by atoms with E-state index >= 15 is 0 Å². The lowest BCUT2D eigenvalue weighted by molar-refractivity contribution is -0.139. The summed E-state index contributed by atoms with van der Waals surface area (Å²) in [5.74, 6) is -0.974. The fourth-order valence-corrected chi connectivity index (χ4v) is 4.36. The molecule has 0 saturated carbocycles. The van der Waals surface area contributed by atoms with Crippen molar-refractivity contribution in [2.24, 2.45) is 0 Å². The highest BCUT2D eigenvalue weighted by Gasteiger charge is 2.36. The molecular weight excluding hydrogens is 452 g/mol. The van der Waals surface area contributed by atoms with Gasteiger partial charge in [0.15, 0.2) is 9.84 Å². The van der Waals surface area contributed by atoms with Crippen molar-refractivity contribution in [2.45, 2.75) is 31.7 Å². The first-order valence-corrected chi connectivity index (χ1v) is 11.9. The molecule has 176 valence electrons. The molecule has 0 bridgehead atoms. The summed E-state index contributed by atoms with van der Waals surface area (Å²) in [6.07, 6.45) is 0. The first-order chi connectivity index (χ1) is 15.7. The first-order valence-electron chi connectivity index (χ1n) is 10.2. The molecule has 1 aliphatic heterocycles. The Morgan fingerprint density at radius 2 is 1.79 bits per heavy atom. The molecule has 33 heavy (non-hydrogen) atoms. The zero-order chi connectivity index (χ0) is 24.2. The van der Waals surface area contributed by atoms with Crippen LogP contribution in [0.15, 0.2) is 57.0 Å². The molecule has 1 unspecified atom stereocenters. The number of aryl methyl sites for hydroxylation is 1. The predicted molar refractivity (Wildman–Crippen MR) is 116 cm³/mol. The van der Waals surface area contributed by atoms with Crippen LogP contribution in [0, 0.1) is 6.92 Å². The largest absolute Gasteiger partial charge is 0.464 e. The molecule has 1 aromatic heterocycles. The van der Waals surface area contributed by atoms with Crippen molar-refractivity contribution >= 4 is 27.8 Å². The van der Waals surface area contributed by atoms with Crippen molar-refractivity contribution < 1.29 is 36.7 Å². The SMILES string of the molecule is CCOC(=O)C1=C(COC(=O)c2ccccc2S(=O)(=O)CC)NC(=O)NC1c1ccc(C)o1. The van der Waals surface area contributed by atoms with E-state index in [0.29, 0.717) is 11.5 Å². The highest BCUT2D eigenvalue weighted by Crippen LogP contribution is 2.29. The fourth-order valence-electron chi connectivity index (χ4n) is 3.28. The van der Waals surface area contributed by atoms with Gasteiger partial charge in [0.25, 0.3) is 0 Å². The van der Waals surface area contributed by atoms with Crippen LogP contribution in [0.4, 0.5) is 4.79 Å². The number of urea groups is 1. The van der Waals surface area contributed by atoms with Crippen molar-refractivity contribution in [3.63, 3.8) is 0 Å². The van der Waals surface area contributed by atoms with E-state index in [4.69, 9.17) is 13.9 Å². The molecule has 3 rings (SSSR count). The maximum absolute atomic E-state index is 12.7. The van der Waals surface area contributed by atoms with Gasteiger partial charge in [0.2, 0.25) is 0 Å². The van der Waals surface area contributed by atoms with Crippen LogP contribution in [0.3, 0.4) is 0 Å². The molecule has 2 N–H and O–H groups in total. The Kier molecular flexibility index (Phi) is 7.22. The molecule has 1 aromatic carbocycles. The molecule has 0 spiro atoms. The second-order valence-electron chi connectivity index (χ2n) is 7.07. The minimum atomic E-state index is -3.68. The van der Waals surface area contributed by atoms with Crippen LogP contribution in [-0.4, -0.2) is 45.4 Å². The van der Waals surface area contributed by atoms with Gasteiger partial charge in [0, 0.05) is 0 Å². The van der Waals surface area contributed by atoms with Gasteiger partial charge >= 0.3 is 18.0 Å². The van der Waals surface area contributed by atoms with E-state index in [1.807, 2.05) is 0 Å². The number of hydrogen-bond acceptors (Lipinski definition) is 8. The quantitative estimate of drug-likeness (QED) is 0.554. The average molecular weight is 477 g/mol. The summed E-state index contributed by atoms with van der Waals surface area (Å²) in [7, 11) is -3.68. The van der Waals surface area contributed by atoms with Gasteiger partial charge in [-0.15, -0.1) is 0 Å². The number of ether oxygens (including phenoxy) is 2. The Labute approximate surface area is 190 Å². The Morgan fingerprint density at radius 1 is 1.06 bits per heavy atom. The molecule has 1 atom stereocenters. The lowest BCUT2D eigenvalue weighted by Gasteiger charge is -2.27. The van der Waals surface area contributed by atoms with Crippen LogP contribution >= 0.6 is 0 Å². The minimum absolute atomic E-state index is 0.000401. The summed E-state index contributed by atoms with van der Waals surface area (Å²) in [5.41, 5.74) is -0.135. The number of sulfone groups is 1. The lowest BCUT2D eigenvalue weighted by atomic mass is 10.0. The Bertz CT molecular complexity index is 1210. The number of rotatable bonds is 8. The summed E-state index contributed by atoms with van der Waals surface area (Å²) >= 11 is 0. The van der Waals surface area contributed by atoms with Gasteiger partial charge in [-0.2, -0.15) is 0 Å². The molecule has 0 aliphatic carbocycles. The van der Waals surface area contributed by atoms with Crippen molar-refractivity contribution in [2.75, 3.05) is 19.0 Å². The van der Waals surface area contributed by atoms with Gasteiger partial charge in [0.05, 0.1) is 34.1 Å². The number of nitrogens with one attached hydrogen (secondary N) is 2. The number of esters is 2. The maximum Gasteiger partial charge on any atom is 0.339 e. The van der Waals surface area contributed by atoms with Gasteiger partial charge < -0.3 is 24.5 Å². The van der Waals surface area contributed by atoms with E-state index in [1.165, 1.54) is 31.2 Å². The van der Waals surface area contributed by atoms with Gasteiger partial charge in [-0.3, -0.25) is 0 Å². The van der Waals surface area contributed by atoms with E-state index in [-0.39, 0.29) is 34.1 Å². The monoisotopic (exact) mass is 476 g/mol. The summed E-state index contributed by atoms with van der Waals surface area (Å²) < 4.78 is 40.7. The maximum atomic E-state index is 12.7. The fraction of sp³-hybridized carbons (Fsp3) is 0.318. The Hall–Kier alpha value is -3.60. The standard InChI is InChI=1S/C22H24N2O8S/c1-4-30-21(26)18-15(23-22(27)24-19(18)16-11-10-13(3)32-16)12-31-20(25)14-8-6-7-9-17(14)33(28,29)5-2/h6-11,19H,4-5,12H2,1-3H3,(H2,23,24,27). The Morgan fingerprint density at radius 3 is 2.42 bits per heavy atom. The smallest absolute Gasteiger partial charge is 0.339 e. The minimum Gasteiger partial charge on any atom is -0.464 e. The summed E-state index contributed by atoms with van der Waals surface area (Å²) in [4.78, 5) is 37.6. The third kappa shape index (κ3) is 5.25. The summed E-state index contributed by atoms with van der Waals surface area (Å²) in [5, 5.41) is 5.07. The normalized spacial score (nSPS) is 16.1. The molecule has 0 saturated heterocycles. The van der Waals surface area contributed by atoms with E-state index in [0.717, 1.165) is 0 Å². The number of hydrogen-bond donors (Lipinski definition) is 2. The van der Waals surface area contributed by atoms with Crippen LogP contribution in [0.25, 0.3) is 0 Å².